The molecular weight excluding hydrogens is 434 g/mol. The van der Waals surface area contributed by atoms with E-state index in [1.807, 2.05) is 29.2 Å². The molecule has 0 spiro atoms. The third kappa shape index (κ3) is 4.43. The van der Waals surface area contributed by atoms with Crippen molar-refractivity contribution < 1.29 is 9.53 Å². The maximum atomic E-state index is 13.1. The van der Waals surface area contributed by atoms with Crippen molar-refractivity contribution in [1.29, 1.82) is 0 Å². The van der Waals surface area contributed by atoms with Gasteiger partial charge in [0.05, 0.1) is 17.6 Å². The van der Waals surface area contributed by atoms with Gasteiger partial charge in [-0.2, -0.15) is 0 Å². The molecule has 1 aliphatic heterocycles. The van der Waals surface area contributed by atoms with Gasteiger partial charge in [0, 0.05) is 31.1 Å². The van der Waals surface area contributed by atoms with E-state index in [-0.39, 0.29) is 11.8 Å². The largest absolute Gasteiger partial charge is 0.493 e. The number of hydrogen-bond donors (Lipinski definition) is 0. The number of nitrogens with zero attached hydrogens (tertiary/aromatic N) is 3. The first-order valence-corrected chi connectivity index (χ1v) is 12.4. The lowest BCUT2D eigenvalue weighted by atomic mass is 10.1. The Hall–Kier alpha value is -3.60. The van der Waals surface area contributed by atoms with Crippen LogP contribution in [0.5, 0.6) is 5.75 Å². The fourth-order valence-corrected chi connectivity index (χ4v) is 5.25. The fourth-order valence-electron chi connectivity index (χ4n) is 5.25. The molecule has 5 nitrogen and oxygen atoms in total. The molecule has 5 rings (SSSR count). The highest BCUT2D eigenvalue weighted by molar-refractivity contribution is 5.98. The third-order valence-corrected chi connectivity index (χ3v) is 7.22. The molecule has 2 heterocycles. The number of imidazole rings is 1. The summed E-state index contributed by atoms with van der Waals surface area (Å²) in [7, 11) is 0. The molecule has 0 saturated carbocycles. The van der Waals surface area contributed by atoms with Crippen molar-refractivity contribution in [1.82, 2.24) is 9.55 Å². The molecule has 1 aromatic heterocycles. The zero-order chi connectivity index (χ0) is 24.5. The SMILES string of the molecule is Cc1cccc(OCCCn2c(C3CC(=O)N(c4c(C)cccc4C)C3)nc3ccccc32)c1C. The number of hydrogen-bond acceptors (Lipinski definition) is 3. The minimum Gasteiger partial charge on any atom is -0.493 e. The van der Waals surface area contributed by atoms with Crippen LogP contribution < -0.4 is 9.64 Å². The van der Waals surface area contributed by atoms with Crippen LogP contribution in [0.15, 0.2) is 60.7 Å². The lowest BCUT2D eigenvalue weighted by Crippen LogP contribution is -2.26. The predicted molar refractivity (Wildman–Crippen MR) is 141 cm³/mol. The molecule has 0 radical (unpaired) electrons. The van der Waals surface area contributed by atoms with E-state index in [2.05, 4.69) is 68.7 Å². The van der Waals surface area contributed by atoms with Gasteiger partial charge >= 0.3 is 0 Å². The topological polar surface area (TPSA) is 47.4 Å². The van der Waals surface area contributed by atoms with Crippen LogP contribution in [0.1, 0.15) is 46.8 Å². The van der Waals surface area contributed by atoms with Gasteiger partial charge in [-0.15, -0.1) is 0 Å². The summed E-state index contributed by atoms with van der Waals surface area (Å²) in [5.74, 6) is 2.18. The Morgan fingerprint density at radius 3 is 2.43 bits per heavy atom. The van der Waals surface area contributed by atoms with Crippen LogP contribution >= 0.6 is 0 Å². The fraction of sp³-hybridized carbons (Fsp3) is 0.333. The lowest BCUT2D eigenvalue weighted by Gasteiger charge is -2.21. The number of carbonyl (C=O) groups excluding carboxylic acids is 1. The van der Waals surface area contributed by atoms with E-state index in [1.54, 1.807) is 0 Å². The number of anilines is 1. The summed E-state index contributed by atoms with van der Waals surface area (Å²) in [5.41, 5.74) is 7.85. The second-order valence-corrected chi connectivity index (χ2v) is 9.66. The van der Waals surface area contributed by atoms with Crippen LogP contribution in [-0.2, 0) is 11.3 Å². The van der Waals surface area contributed by atoms with Crippen LogP contribution in [0.3, 0.4) is 0 Å². The van der Waals surface area contributed by atoms with Crippen LogP contribution in [0.2, 0.25) is 0 Å². The number of rotatable bonds is 7. The molecule has 1 atom stereocenters. The molecule has 4 aromatic rings. The van der Waals surface area contributed by atoms with Crippen LogP contribution in [0, 0.1) is 27.7 Å². The molecule has 1 saturated heterocycles. The zero-order valence-electron chi connectivity index (χ0n) is 21.0. The van der Waals surface area contributed by atoms with Crippen LogP contribution in [0.4, 0.5) is 5.69 Å². The summed E-state index contributed by atoms with van der Waals surface area (Å²) in [6.07, 6.45) is 1.35. The molecule has 5 heteroatoms. The smallest absolute Gasteiger partial charge is 0.227 e. The van der Waals surface area contributed by atoms with Crippen LogP contribution in [-0.4, -0.2) is 28.6 Å². The van der Waals surface area contributed by atoms with E-state index in [4.69, 9.17) is 9.72 Å². The van der Waals surface area contributed by atoms with Crippen molar-refractivity contribution >= 4 is 22.6 Å². The lowest BCUT2D eigenvalue weighted by molar-refractivity contribution is -0.117. The van der Waals surface area contributed by atoms with Crippen LogP contribution in [0.25, 0.3) is 11.0 Å². The molecule has 35 heavy (non-hydrogen) atoms. The summed E-state index contributed by atoms with van der Waals surface area (Å²) in [5, 5.41) is 0. The number of aryl methyl sites for hydroxylation is 4. The van der Waals surface area contributed by atoms with Gasteiger partial charge in [0.2, 0.25) is 5.91 Å². The summed E-state index contributed by atoms with van der Waals surface area (Å²) in [6, 6.07) is 20.6. The van der Waals surface area contributed by atoms with Gasteiger partial charge in [-0.05, 0) is 74.6 Å². The quantitative estimate of drug-likeness (QED) is 0.301. The molecule has 1 aliphatic rings. The Labute approximate surface area is 207 Å². The number of fused-ring (bicyclic) bond motifs is 1. The van der Waals surface area contributed by atoms with Gasteiger partial charge in [0.15, 0.2) is 0 Å². The maximum absolute atomic E-state index is 13.1. The number of ether oxygens (including phenoxy) is 1. The molecule has 3 aromatic carbocycles. The molecule has 0 N–H and O–H groups in total. The van der Waals surface area contributed by atoms with E-state index >= 15 is 0 Å². The Kier molecular flexibility index (Phi) is 6.33. The van der Waals surface area contributed by atoms with Gasteiger partial charge < -0.3 is 14.2 Å². The molecule has 0 bridgehead atoms. The van der Waals surface area contributed by atoms with Crippen molar-refractivity contribution in [2.75, 3.05) is 18.1 Å². The number of aromatic nitrogens is 2. The van der Waals surface area contributed by atoms with Crippen molar-refractivity contribution in [3.63, 3.8) is 0 Å². The maximum Gasteiger partial charge on any atom is 0.227 e. The second-order valence-electron chi connectivity index (χ2n) is 9.66. The van der Waals surface area contributed by atoms with Crippen molar-refractivity contribution in [2.45, 2.75) is 53.0 Å². The van der Waals surface area contributed by atoms with Gasteiger partial charge in [-0.1, -0.05) is 42.5 Å². The summed E-state index contributed by atoms with van der Waals surface area (Å²) in [4.78, 5) is 20.1. The van der Waals surface area contributed by atoms with Crippen molar-refractivity contribution in [3.05, 3.63) is 88.7 Å². The summed E-state index contributed by atoms with van der Waals surface area (Å²) >= 11 is 0. The molecule has 180 valence electrons. The Balaban J connectivity index is 1.37. The van der Waals surface area contributed by atoms with E-state index in [1.165, 1.54) is 11.1 Å². The predicted octanol–water partition coefficient (Wildman–Crippen LogP) is 6.26. The average Bonchev–Trinajstić information content (AvgIpc) is 3.40. The second kappa shape index (κ2) is 9.57. The van der Waals surface area contributed by atoms with E-state index in [9.17, 15) is 4.79 Å². The highest BCUT2D eigenvalue weighted by atomic mass is 16.5. The zero-order valence-corrected chi connectivity index (χ0v) is 21.0. The van der Waals surface area contributed by atoms with E-state index < -0.39 is 0 Å². The minimum atomic E-state index is 0.0637. The first-order valence-electron chi connectivity index (χ1n) is 12.4. The van der Waals surface area contributed by atoms with Gasteiger partial charge in [0.1, 0.15) is 11.6 Å². The standard InChI is InChI=1S/C30H33N3O2/c1-20-10-8-15-27(23(20)4)35-17-9-16-32-26-14-6-5-13-25(26)31-30(32)24-18-28(34)33(19-24)29-21(2)11-7-12-22(29)3/h5-8,10-15,24H,9,16-19H2,1-4H3. The normalized spacial score (nSPS) is 15.8. The van der Waals surface area contributed by atoms with E-state index in [0.717, 1.165) is 52.4 Å². The number of amides is 1. The van der Waals surface area contributed by atoms with E-state index in [0.29, 0.717) is 19.6 Å². The van der Waals surface area contributed by atoms with Gasteiger partial charge in [0.25, 0.3) is 0 Å². The molecule has 1 amide bonds. The first-order chi connectivity index (χ1) is 16.9. The monoisotopic (exact) mass is 467 g/mol. The number of carbonyl (C=O) groups is 1. The molecule has 1 fully saturated rings. The third-order valence-electron chi connectivity index (χ3n) is 7.22. The van der Waals surface area contributed by atoms with Gasteiger partial charge in [-0.25, -0.2) is 4.98 Å². The highest BCUT2D eigenvalue weighted by Gasteiger charge is 2.35. The Bertz CT molecular complexity index is 1370. The average molecular weight is 468 g/mol. The Morgan fingerprint density at radius 1 is 0.914 bits per heavy atom. The highest BCUT2D eigenvalue weighted by Crippen LogP contribution is 2.36. The first kappa shape index (κ1) is 23.2. The van der Waals surface area contributed by atoms with Crippen molar-refractivity contribution in [3.8, 4) is 5.75 Å². The van der Waals surface area contributed by atoms with Gasteiger partial charge in [-0.3, -0.25) is 4.79 Å². The van der Waals surface area contributed by atoms with Crippen molar-refractivity contribution in [2.24, 2.45) is 0 Å². The molecule has 0 aliphatic carbocycles. The minimum absolute atomic E-state index is 0.0637. The Morgan fingerprint density at radius 2 is 1.63 bits per heavy atom. The summed E-state index contributed by atoms with van der Waals surface area (Å²) in [6.45, 7) is 10.5. The summed E-state index contributed by atoms with van der Waals surface area (Å²) < 4.78 is 8.42. The molecular formula is C30H33N3O2. The molecule has 1 unspecified atom stereocenters. The number of benzene rings is 3. The number of para-hydroxylation sites is 3.